The molecule has 0 aliphatic rings. The van der Waals surface area contributed by atoms with Gasteiger partial charge in [-0.15, -0.1) is 6.58 Å². The molecule has 3 aromatic rings. The number of hydrazone groups is 1. The Balaban J connectivity index is 2.02. The monoisotopic (exact) mass is 421 g/mol. The lowest BCUT2D eigenvalue weighted by Crippen LogP contribution is -2.31. The molecule has 0 aliphatic heterocycles. The number of rotatable bonds is 8. The highest BCUT2D eigenvalue weighted by Gasteiger charge is 2.16. The summed E-state index contributed by atoms with van der Waals surface area (Å²) in [5.74, 6) is 1.38. The molecule has 0 atom stereocenters. The van der Waals surface area contributed by atoms with Crippen LogP contribution in [-0.2, 0) is 0 Å². The maximum Gasteiger partial charge on any atom is 0.187 e. The van der Waals surface area contributed by atoms with Crippen molar-refractivity contribution in [2.24, 2.45) is 5.10 Å². The molecule has 0 fully saturated rings. The van der Waals surface area contributed by atoms with Gasteiger partial charge in [0.1, 0.15) is 17.2 Å². The number of benzene rings is 2. The summed E-state index contributed by atoms with van der Waals surface area (Å²) in [6, 6.07) is 15.4. The molecular weight excluding hydrogens is 398 g/mol. The Morgan fingerprint density at radius 1 is 1.20 bits per heavy atom. The third kappa shape index (κ3) is 5.03. The highest BCUT2D eigenvalue weighted by Crippen LogP contribution is 2.34. The molecule has 7 nitrogen and oxygen atoms in total. The summed E-state index contributed by atoms with van der Waals surface area (Å²) >= 11 is 5.17. The minimum atomic E-state index is 0.405. The van der Waals surface area contributed by atoms with Crippen LogP contribution in [0, 0.1) is 0 Å². The van der Waals surface area contributed by atoms with Crippen molar-refractivity contribution in [3.63, 3.8) is 0 Å². The number of hydrogen-bond donors (Lipinski definition) is 2. The van der Waals surface area contributed by atoms with Crippen LogP contribution in [0.4, 0.5) is 0 Å². The lowest BCUT2D eigenvalue weighted by atomic mass is 10.1. The average molecular weight is 422 g/mol. The first kappa shape index (κ1) is 21.1. The third-order valence-electron chi connectivity index (χ3n) is 4.20. The number of aromatic nitrogens is 2. The molecule has 154 valence electrons. The quantitative estimate of drug-likeness (QED) is 0.251. The number of nitrogens with zero attached hydrogens (tertiary/aromatic N) is 3. The van der Waals surface area contributed by atoms with E-state index in [9.17, 15) is 0 Å². The summed E-state index contributed by atoms with van der Waals surface area (Å²) in [5.41, 5.74) is 5.99. The van der Waals surface area contributed by atoms with E-state index in [2.05, 4.69) is 22.4 Å². The smallest absolute Gasteiger partial charge is 0.187 e. The highest BCUT2D eigenvalue weighted by molar-refractivity contribution is 7.80. The van der Waals surface area contributed by atoms with Crippen LogP contribution in [0.25, 0.3) is 16.9 Å². The van der Waals surface area contributed by atoms with Gasteiger partial charge in [0.15, 0.2) is 5.11 Å². The molecule has 0 unspecified atom stereocenters. The SMILES string of the molecule is C=CCNC(=S)N/N=C\c1cn(-c2ccccc2)nc1-c1cc(OC)ccc1OC. The van der Waals surface area contributed by atoms with Crippen molar-refractivity contribution in [3.8, 4) is 28.4 Å². The Hall–Kier alpha value is -3.65. The first-order valence-electron chi connectivity index (χ1n) is 9.21. The minimum absolute atomic E-state index is 0.405. The number of hydrogen-bond acceptors (Lipinski definition) is 5. The molecule has 0 saturated carbocycles. The number of ether oxygens (including phenoxy) is 2. The number of thiocarbonyl (C=S) groups is 1. The Morgan fingerprint density at radius 3 is 2.70 bits per heavy atom. The highest BCUT2D eigenvalue weighted by atomic mass is 32.1. The fourth-order valence-electron chi connectivity index (χ4n) is 2.77. The summed E-state index contributed by atoms with van der Waals surface area (Å²) in [6.07, 6.45) is 5.28. The van der Waals surface area contributed by atoms with Crippen molar-refractivity contribution in [3.05, 3.63) is 72.9 Å². The van der Waals surface area contributed by atoms with Gasteiger partial charge in [0, 0.05) is 23.9 Å². The van der Waals surface area contributed by atoms with E-state index in [0.717, 1.165) is 16.8 Å². The average Bonchev–Trinajstić information content (AvgIpc) is 3.21. The molecule has 3 rings (SSSR count). The number of methoxy groups -OCH3 is 2. The van der Waals surface area contributed by atoms with Crippen molar-refractivity contribution in [1.82, 2.24) is 20.5 Å². The summed E-state index contributed by atoms with van der Waals surface area (Å²) in [7, 11) is 3.25. The fourth-order valence-corrected chi connectivity index (χ4v) is 2.90. The Bertz CT molecular complexity index is 1050. The largest absolute Gasteiger partial charge is 0.497 e. The van der Waals surface area contributed by atoms with Gasteiger partial charge < -0.3 is 14.8 Å². The predicted octanol–water partition coefficient (Wildman–Crippen LogP) is 3.54. The zero-order chi connectivity index (χ0) is 21.3. The summed E-state index contributed by atoms with van der Waals surface area (Å²) < 4.78 is 12.7. The molecule has 0 amide bonds. The second-order valence-electron chi connectivity index (χ2n) is 6.15. The third-order valence-corrected chi connectivity index (χ3v) is 4.44. The Labute approximate surface area is 181 Å². The van der Waals surface area contributed by atoms with Gasteiger partial charge in [-0.25, -0.2) is 4.68 Å². The molecular formula is C22H23N5O2S. The van der Waals surface area contributed by atoms with Gasteiger partial charge in [-0.05, 0) is 42.5 Å². The van der Waals surface area contributed by atoms with Gasteiger partial charge in [0.2, 0.25) is 0 Å². The van der Waals surface area contributed by atoms with E-state index in [1.54, 1.807) is 31.2 Å². The van der Waals surface area contributed by atoms with Gasteiger partial charge in [-0.2, -0.15) is 10.2 Å². The van der Waals surface area contributed by atoms with Crippen LogP contribution in [0.2, 0.25) is 0 Å². The summed E-state index contributed by atoms with van der Waals surface area (Å²) in [4.78, 5) is 0. The van der Waals surface area contributed by atoms with Crippen LogP contribution < -0.4 is 20.2 Å². The maximum absolute atomic E-state index is 5.55. The van der Waals surface area contributed by atoms with Crippen LogP contribution in [-0.4, -0.2) is 41.9 Å². The molecule has 0 saturated heterocycles. The van der Waals surface area contributed by atoms with Crippen molar-refractivity contribution in [2.75, 3.05) is 20.8 Å². The molecule has 0 aliphatic carbocycles. The molecule has 30 heavy (non-hydrogen) atoms. The van der Waals surface area contributed by atoms with Crippen molar-refractivity contribution in [2.45, 2.75) is 0 Å². The topological polar surface area (TPSA) is 72.7 Å². The molecule has 2 N–H and O–H groups in total. The molecule has 0 radical (unpaired) electrons. The van der Waals surface area contributed by atoms with Crippen LogP contribution in [0.15, 0.2) is 72.5 Å². The lowest BCUT2D eigenvalue weighted by molar-refractivity contribution is 0.404. The second kappa shape index (κ2) is 10.2. The van der Waals surface area contributed by atoms with Crippen LogP contribution in [0.1, 0.15) is 5.56 Å². The van der Waals surface area contributed by atoms with Gasteiger partial charge in [0.05, 0.1) is 26.1 Å². The molecule has 0 spiro atoms. The van der Waals surface area contributed by atoms with E-state index in [-0.39, 0.29) is 0 Å². The second-order valence-corrected chi connectivity index (χ2v) is 6.56. The van der Waals surface area contributed by atoms with Crippen LogP contribution >= 0.6 is 12.2 Å². The minimum Gasteiger partial charge on any atom is -0.497 e. The standard InChI is InChI=1S/C22H23N5O2S/c1-4-12-23-22(30)25-24-14-16-15-27(17-8-6-5-7-9-17)26-21(16)19-13-18(28-2)10-11-20(19)29-3/h4-11,13-15H,1,12H2,2-3H3,(H2,23,25,30)/b24-14-. The lowest BCUT2D eigenvalue weighted by Gasteiger charge is -2.09. The van der Waals surface area contributed by atoms with E-state index in [4.69, 9.17) is 26.8 Å². The van der Waals surface area contributed by atoms with E-state index >= 15 is 0 Å². The van der Waals surface area contributed by atoms with E-state index in [1.165, 1.54) is 0 Å². The predicted molar refractivity (Wildman–Crippen MR) is 124 cm³/mol. The molecule has 8 heteroatoms. The molecule has 1 aromatic heterocycles. The van der Waals surface area contributed by atoms with E-state index < -0.39 is 0 Å². The normalized spacial score (nSPS) is 10.6. The number of nitrogens with one attached hydrogen (secondary N) is 2. The van der Waals surface area contributed by atoms with Gasteiger partial charge >= 0.3 is 0 Å². The molecule has 2 aromatic carbocycles. The fraction of sp³-hybridized carbons (Fsp3) is 0.136. The van der Waals surface area contributed by atoms with Crippen LogP contribution in [0.3, 0.4) is 0 Å². The first-order chi connectivity index (χ1) is 14.7. The van der Waals surface area contributed by atoms with E-state index in [1.807, 2.05) is 54.7 Å². The van der Waals surface area contributed by atoms with E-state index in [0.29, 0.717) is 28.9 Å². The summed E-state index contributed by atoms with van der Waals surface area (Å²) in [6.45, 7) is 4.20. The van der Waals surface area contributed by atoms with Crippen LogP contribution in [0.5, 0.6) is 11.5 Å². The zero-order valence-corrected chi connectivity index (χ0v) is 17.6. The van der Waals surface area contributed by atoms with Crippen molar-refractivity contribution in [1.29, 1.82) is 0 Å². The van der Waals surface area contributed by atoms with Gasteiger partial charge in [-0.3, -0.25) is 5.43 Å². The Kier molecular flexibility index (Phi) is 7.18. The molecule has 0 bridgehead atoms. The first-order valence-corrected chi connectivity index (χ1v) is 9.62. The van der Waals surface area contributed by atoms with Gasteiger partial charge in [0.25, 0.3) is 0 Å². The number of para-hydroxylation sites is 1. The Morgan fingerprint density at radius 2 is 2.00 bits per heavy atom. The van der Waals surface area contributed by atoms with Crippen molar-refractivity contribution >= 4 is 23.5 Å². The van der Waals surface area contributed by atoms with Crippen molar-refractivity contribution < 1.29 is 9.47 Å². The zero-order valence-electron chi connectivity index (χ0n) is 16.8. The molecule has 1 heterocycles. The summed E-state index contributed by atoms with van der Waals surface area (Å²) in [5, 5.41) is 12.4. The maximum atomic E-state index is 5.55. The van der Waals surface area contributed by atoms with Gasteiger partial charge in [-0.1, -0.05) is 24.3 Å².